The second-order valence-electron chi connectivity index (χ2n) is 6.82. The van der Waals surface area contributed by atoms with E-state index in [4.69, 9.17) is 5.73 Å². The van der Waals surface area contributed by atoms with Gasteiger partial charge in [-0.1, -0.05) is 43.6 Å². The quantitative estimate of drug-likeness (QED) is 0.736. The largest absolute Gasteiger partial charge is 0.378 e. The Bertz CT molecular complexity index is 397. The smallest absolute Gasteiger partial charge is 0.0500 e. The molecule has 0 atom stereocenters. The lowest BCUT2D eigenvalue weighted by atomic mass is 9.81. The molecule has 3 heteroatoms. The molecule has 0 aliphatic rings. The van der Waals surface area contributed by atoms with Crippen molar-refractivity contribution in [3.63, 3.8) is 0 Å². The van der Waals surface area contributed by atoms with Gasteiger partial charge < -0.3 is 11.1 Å². The third-order valence-electron chi connectivity index (χ3n) is 3.44. The molecule has 2 nitrogen and oxygen atoms in total. The second kappa shape index (κ2) is 7.46. The van der Waals surface area contributed by atoms with E-state index in [1.54, 1.807) is 0 Å². The number of rotatable bonds is 7. The van der Waals surface area contributed by atoms with Crippen molar-refractivity contribution < 1.29 is 0 Å². The Labute approximate surface area is 132 Å². The van der Waals surface area contributed by atoms with Gasteiger partial charge in [-0.2, -0.15) is 0 Å². The standard InChI is InChI=1S/C17H29BrN2/c1-12(2)9-17(11-19,10-13(3)4)20-16-7-14(5)6-15(18)8-16/h6-8,12-13,20H,9-11,19H2,1-5H3. The van der Waals surface area contributed by atoms with Crippen LogP contribution in [-0.4, -0.2) is 12.1 Å². The minimum absolute atomic E-state index is 0.0183. The van der Waals surface area contributed by atoms with Gasteiger partial charge in [0.25, 0.3) is 0 Å². The van der Waals surface area contributed by atoms with E-state index < -0.39 is 0 Å². The third kappa shape index (κ3) is 5.45. The van der Waals surface area contributed by atoms with Gasteiger partial charge in [0, 0.05) is 16.7 Å². The molecule has 0 bridgehead atoms. The molecule has 20 heavy (non-hydrogen) atoms. The number of hydrogen-bond acceptors (Lipinski definition) is 2. The van der Waals surface area contributed by atoms with Gasteiger partial charge in [0.15, 0.2) is 0 Å². The van der Waals surface area contributed by atoms with Gasteiger partial charge in [-0.3, -0.25) is 0 Å². The zero-order valence-corrected chi connectivity index (χ0v) is 15.0. The summed E-state index contributed by atoms with van der Waals surface area (Å²) in [6, 6.07) is 6.45. The van der Waals surface area contributed by atoms with Crippen LogP contribution in [0.5, 0.6) is 0 Å². The van der Waals surface area contributed by atoms with Gasteiger partial charge in [-0.15, -0.1) is 0 Å². The first-order valence-electron chi connectivity index (χ1n) is 7.52. The Morgan fingerprint density at radius 2 is 1.65 bits per heavy atom. The number of nitrogens with two attached hydrogens (primary N) is 1. The molecule has 1 aromatic carbocycles. The topological polar surface area (TPSA) is 38.0 Å². The molecule has 0 saturated carbocycles. The Kier molecular flexibility index (Phi) is 6.53. The van der Waals surface area contributed by atoms with Crippen LogP contribution in [0.2, 0.25) is 0 Å². The van der Waals surface area contributed by atoms with Crippen molar-refractivity contribution in [3.05, 3.63) is 28.2 Å². The summed E-state index contributed by atoms with van der Waals surface area (Å²) in [5.41, 5.74) is 8.54. The van der Waals surface area contributed by atoms with Gasteiger partial charge in [-0.25, -0.2) is 0 Å². The molecule has 0 fully saturated rings. The Hall–Kier alpha value is -0.540. The fraction of sp³-hybridized carbons (Fsp3) is 0.647. The predicted molar refractivity (Wildman–Crippen MR) is 93.2 cm³/mol. The Morgan fingerprint density at radius 1 is 1.10 bits per heavy atom. The zero-order chi connectivity index (χ0) is 15.3. The molecule has 0 aliphatic carbocycles. The minimum Gasteiger partial charge on any atom is -0.378 e. The van der Waals surface area contributed by atoms with Crippen LogP contribution in [-0.2, 0) is 0 Å². The van der Waals surface area contributed by atoms with E-state index in [0.717, 1.165) is 23.0 Å². The van der Waals surface area contributed by atoms with E-state index in [2.05, 4.69) is 74.1 Å². The maximum absolute atomic E-state index is 6.15. The highest BCUT2D eigenvalue weighted by molar-refractivity contribution is 9.10. The van der Waals surface area contributed by atoms with Crippen molar-refractivity contribution in [1.29, 1.82) is 0 Å². The number of benzene rings is 1. The molecule has 0 heterocycles. The number of halogens is 1. The molecule has 0 unspecified atom stereocenters. The van der Waals surface area contributed by atoms with E-state index in [-0.39, 0.29) is 5.54 Å². The van der Waals surface area contributed by atoms with Gasteiger partial charge >= 0.3 is 0 Å². The van der Waals surface area contributed by atoms with Crippen molar-refractivity contribution in [2.75, 3.05) is 11.9 Å². The predicted octanol–water partition coefficient (Wildman–Crippen LogP) is 4.96. The van der Waals surface area contributed by atoms with Crippen LogP contribution < -0.4 is 11.1 Å². The summed E-state index contributed by atoms with van der Waals surface area (Å²) < 4.78 is 1.11. The van der Waals surface area contributed by atoms with E-state index in [1.807, 2.05) is 0 Å². The van der Waals surface area contributed by atoms with Crippen molar-refractivity contribution >= 4 is 21.6 Å². The molecule has 0 aromatic heterocycles. The van der Waals surface area contributed by atoms with Crippen LogP contribution >= 0.6 is 15.9 Å². The van der Waals surface area contributed by atoms with Crippen LogP contribution in [0.4, 0.5) is 5.69 Å². The van der Waals surface area contributed by atoms with Crippen molar-refractivity contribution in [1.82, 2.24) is 0 Å². The van der Waals surface area contributed by atoms with Crippen molar-refractivity contribution in [2.24, 2.45) is 17.6 Å². The normalized spacial score (nSPS) is 12.2. The molecule has 114 valence electrons. The lowest BCUT2D eigenvalue weighted by molar-refractivity contribution is 0.317. The van der Waals surface area contributed by atoms with Gasteiger partial charge in [0.2, 0.25) is 0 Å². The summed E-state index contributed by atoms with van der Waals surface area (Å²) in [7, 11) is 0. The van der Waals surface area contributed by atoms with E-state index in [9.17, 15) is 0 Å². The summed E-state index contributed by atoms with van der Waals surface area (Å²) in [6.07, 6.45) is 2.18. The summed E-state index contributed by atoms with van der Waals surface area (Å²) in [5, 5.41) is 3.73. The van der Waals surface area contributed by atoms with E-state index in [0.29, 0.717) is 18.4 Å². The fourth-order valence-electron chi connectivity index (χ4n) is 3.08. The van der Waals surface area contributed by atoms with Crippen LogP contribution in [0.3, 0.4) is 0 Å². The second-order valence-corrected chi connectivity index (χ2v) is 7.74. The monoisotopic (exact) mass is 340 g/mol. The first kappa shape index (κ1) is 17.5. The molecular weight excluding hydrogens is 312 g/mol. The maximum atomic E-state index is 6.15. The lowest BCUT2D eigenvalue weighted by Gasteiger charge is -2.38. The molecule has 0 spiro atoms. The highest BCUT2D eigenvalue weighted by Gasteiger charge is 2.30. The molecule has 3 N–H and O–H groups in total. The van der Waals surface area contributed by atoms with E-state index in [1.165, 1.54) is 5.56 Å². The Balaban J connectivity index is 3.03. The molecule has 1 aromatic rings. The van der Waals surface area contributed by atoms with Crippen LogP contribution in [0.1, 0.15) is 46.1 Å². The van der Waals surface area contributed by atoms with Crippen LogP contribution in [0, 0.1) is 18.8 Å². The fourth-order valence-corrected chi connectivity index (χ4v) is 3.69. The van der Waals surface area contributed by atoms with Gasteiger partial charge in [0.05, 0.1) is 5.54 Å². The number of aryl methyl sites for hydroxylation is 1. The molecule has 1 rings (SSSR count). The van der Waals surface area contributed by atoms with Crippen molar-refractivity contribution in [3.8, 4) is 0 Å². The number of hydrogen-bond donors (Lipinski definition) is 2. The molecular formula is C17H29BrN2. The van der Waals surface area contributed by atoms with Gasteiger partial charge in [-0.05, 0) is 55.4 Å². The maximum Gasteiger partial charge on any atom is 0.0500 e. The molecule has 0 aliphatic heterocycles. The molecule has 0 radical (unpaired) electrons. The summed E-state index contributed by atoms with van der Waals surface area (Å²) in [4.78, 5) is 0. The zero-order valence-electron chi connectivity index (χ0n) is 13.5. The first-order chi connectivity index (χ1) is 9.26. The average Bonchev–Trinajstić information content (AvgIpc) is 2.25. The number of anilines is 1. The Morgan fingerprint density at radius 3 is 2.05 bits per heavy atom. The molecule has 0 amide bonds. The van der Waals surface area contributed by atoms with E-state index >= 15 is 0 Å². The lowest BCUT2D eigenvalue weighted by Crippen LogP contribution is -2.47. The summed E-state index contributed by atoms with van der Waals surface area (Å²) >= 11 is 3.57. The minimum atomic E-state index is -0.0183. The van der Waals surface area contributed by atoms with Crippen LogP contribution in [0.15, 0.2) is 22.7 Å². The van der Waals surface area contributed by atoms with Crippen LogP contribution in [0.25, 0.3) is 0 Å². The highest BCUT2D eigenvalue weighted by Crippen LogP contribution is 2.30. The van der Waals surface area contributed by atoms with Crippen molar-refractivity contribution in [2.45, 2.75) is 53.0 Å². The highest BCUT2D eigenvalue weighted by atomic mass is 79.9. The summed E-state index contributed by atoms with van der Waals surface area (Å²) in [5.74, 6) is 1.25. The average molecular weight is 341 g/mol. The molecule has 0 saturated heterocycles. The summed E-state index contributed by atoms with van der Waals surface area (Å²) in [6.45, 7) is 11.8. The SMILES string of the molecule is Cc1cc(Br)cc(NC(CN)(CC(C)C)CC(C)C)c1. The first-order valence-corrected chi connectivity index (χ1v) is 8.31. The third-order valence-corrected chi connectivity index (χ3v) is 3.90. The number of nitrogens with one attached hydrogen (secondary N) is 1. The van der Waals surface area contributed by atoms with Gasteiger partial charge in [0.1, 0.15) is 0 Å².